The molecule has 0 radical (unpaired) electrons. The number of phenols is 1. The van der Waals surface area contributed by atoms with E-state index in [1.165, 1.54) is 0 Å². The molecule has 0 aliphatic carbocycles. The molecule has 0 aromatic heterocycles. The van der Waals surface area contributed by atoms with Gasteiger partial charge in [0.25, 0.3) is 0 Å². The van der Waals surface area contributed by atoms with Gasteiger partial charge < -0.3 is 9.84 Å². The molecule has 0 bridgehead atoms. The van der Waals surface area contributed by atoms with Gasteiger partial charge in [-0.05, 0) is 59.1 Å². The molecule has 2 aromatic rings. The maximum absolute atomic E-state index is 10.3. The number of aliphatic imine (C=N–C) groups is 1. The smallest absolute Gasteiger partial charge is 0.139 e. The maximum Gasteiger partial charge on any atom is 0.139 e. The standard InChI is InChI=1S/C16H14BrCl2NO2/c1-8-11(16(21)14(17)9(2)15(8)19)7-20-10-4-5-13(22-3)12(18)6-10/h4-7,21H,1-3H3. The van der Waals surface area contributed by atoms with Gasteiger partial charge >= 0.3 is 0 Å². The van der Waals surface area contributed by atoms with Crippen molar-refractivity contribution in [3.05, 3.63) is 49.4 Å². The minimum atomic E-state index is 0.114. The monoisotopic (exact) mass is 401 g/mol. The third-order valence-electron chi connectivity index (χ3n) is 3.33. The van der Waals surface area contributed by atoms with E-state index in [4.69, 9.17) is 27.9 Å². The second-order valence-corrected chi connectivity index (χ2v) is 6.30. The number of ether oxygens (including phenoxy) is 1. The first-order valence-corrected chi connectivity index (χ1v) is 7.96. The number of nitrogens with zero attached hydrogens (tertiary/aromatic N) is 1. The number of methoxy groups -OCH3 is 1. The van der Waals surface area contributed by atoms with Crippen molar-refractivity contribution in [3.8, 4) is 11.5 Å². The largest absolute Gasteiger partial charge is 0.506 e. The second kappa shape index (κ2) is 6.90. The highest BCUT2D eigenvalue weighted by atomic mass is 79.9. The summed E-state index contributed by atoms with van der Waals surface area (Å²) in [5.41, 5.74) is 2.77. The van der Waals surface area contributed by atoms with Gasteiger partial charge in [0.15, 0.2) is 0 Å². The first-order valence-electron chi connectivity index (χ1n) is 6.41. The molecule has 0 unspecified atom stereocenters. The van der Waals surface area contributed by atoms with E-state index < -0.39 is 0 Å². The molecule has 22 heavy (non-hydrogen) atoms. The van der Waals surface area contributed by atoms with Crippen LogP contribution in [0.5, 0.6) is 11.5 Å². The van der Waals surface area contributed by atoms with Crippen molar-refractivity contribution < 1.29 is 9.84 Å². The summed E-state index contributed by atoms with van der Waals surface area (Å²) in [5.74, 6) is 0.698. The highest BCUT2D eigenvalue weighted by Gasteiger charge is 2.15. The third-order valence-corrected chi connectivity index (χ3v) is 5.17. The van der Waals surface area contributed by atoms with Gasteiger partial charge in [-0.3, -0.25) is 4.99 Å². The summed E-state index contributed by atoms with van der Waals surface area (Å²) in [4.78, 5) is 4.34. The lowest BCUT2D eigenvalue weighted by Gasteiger charge is -2.12. The zero-order valence-corrected chi connectivity index (χ0v) is 15.3. The lowest BCUT2D eigenvalue weighted by Crippen LogP contribution is -1.94. The van der Waals surface area contributed by atoms with Crippen LogP contribution in [0.4, 0.5) is 5.69 Å². The molecular formula is C16H14BrCl2NO2. The molecule has 2 aromatic carbocycles. The Bertz CT molecular complexity index is 731. The number of phenolic OH excluding ortho intramolecular Hbond substituents is 1. The van der Waals surface area contributed by atoms with Crippen LogP contribution in [-0.4, -0.2) is 18.4 Å². The SMILES string of the molecule is COc1ccc(N=Cc2c(C)c(Cl)c(C)c(Br)c2O)cc1Cl. The quantitative estimate of drug-likeness (QED) is 0.655. The molecule has 0 saturated heterocycles. The molecule has 3 nitrogen and oxygen atoms in total. The lowest BCUT2D eigenvalue weighted by molar-refractivity contribution is 0.415. The predicted molar refractivity (Wildman–Crippen MR) is 95.5 cm³/mol. The van der Waals surface area contributed by atoms with Crippen LogP contribution < -0.4 is 4.74 Å². The molecule has 0 aliphatic heterocycles. The summed E-state index contributed by atoms with van der Waals surface area (Å²) in [6.07, 6.45) is 1.57. The van der Waals surface area contributed by atoms with Gasteiger partial charge in [0.2, 0.25) is 0 Å². The highest BCUT2D eigenvalue weighted by molar-refractivity contribution is 9.10. The van der Waals surface area contributed by atoms with E-state index in [1.54, 1.807) is 31.5 Å². The number of aromatic hydroxyl groups is 1. The van der Waals surface area contributed by atoms with Crippen LogP contribution in [0.3, 0.4) is 0 Å². The van der Waals surface area contributed by atoms with Crippen LogP contribution in [0.2, 0.25) is 10.0 Å². The van der Waals surface area contributed by atoms with E-state index >= 15 is 0 Å². The van der Waals surface area contributed by atoms with Gasteiger partial charge in [0, 0.05) is 16.8 Å². The Kier molecular flexibility index (Phi) is 5.37. The summed E-state index contributed by atoms with van der Waals surface area (Å²) in [6.45, 7) is 3.67. The van der Waals surface area contributed by atoms with E-state index in [0.29, 0.717) is 31.5 Å². The normalized spacial score (nSPS) is 11.2. The topological polar surface area (TPSA) is 41.8 Å². The van der Waals surface area contributed by atoms with Gasteiger partial charge in [-0.1, -0.05) is 23.2 Å². The molecule has 116 valence electrons. The summed E-state index contributed by atoms with van der Waals surface area (Å²) in [5, 5.41) is 11.3. The molecule has 0 aliphatic rings. The Hall–Kier alpha value is -1.23. The first kappa shape index (κ1) is 17.1. The Morgan fingerprint density at radius 1 is 1.23 bits per heavy atom. The van der Waals surface area contributed by atoms with Crippen LogP contribution in [0, 0.1) is 13.8 Å². The number of rotatable bonds is 3. The molecule has 1 N–H and O–H groups in total. The minimum absolute atomic E-state index is 0.114. The van der Waals surface area contributed by atoms with Gasteiger partial charge in [0.05, 0.1) is 22.3 Å². The number of benzene rings is 2. The molecule has 0 saturated carbocycles. The maximum atomic E-state index is 10.3. The minimum Gasteiger partial charge on any atom is -0.506 e. The van der Waals surface area contributed by atoms with Crippen molar-refractivity contribution in [3.63, 3.8) is 0 Å². The van der Waals surface area contributed by atoms with Gasteiger partial charge in [-0.2, -0.15) is 0 Å². The molecule has 0 spiro atoms. The molecule has 6 heteroatoms. The van der Waals surface area contributed by atoms with Crippen LogP contribution in [0.1, 0.15) is 16.7 Å². The zero-order chi connectivity index (χ0) is 16.4. The van der Waals surface area contributed by atoms with Crippen LogP contribution in [0.25, 0.3) is 0 Å². The average Bonchev–Trinajstić information content (AvgIpc) is 2.51. The fourth-order valence-electron chi connectivity index (χ4n) is 2.00. The van der Waals surface area contributed by atoms with Crippen molar-refractivity contribution >= 4 is 51.0 Å². The predicted octanol–water partition coefficient (Wildman–Crippen LogP) is 5.84. The van der Waals surface area contributed by atoms with Crippen molar-refractivity contribution in [1.82, 2.24) is 0 Å². The Balaban J connectivity index is 2.45. The van der Waals surface area contributed by atoms with Crippen molar-refractivity contribution in [2.45, 2.75) is 13.8 Å². The molecular weight excluding hydrogens is 389 g/mol. The number of halogens is 3. The average molecular weight is 403 g/mol. The Morgan fingerprint density at radius 3 is 2.50 bits per heavy atom. The van der Waals surface area contributed by atoms with Gasteiger partial charge in [0.1, 0.15) is 11.5 Å². The lowest BCUT2D eigenvalue weighted by atomic mass is 10.0. The molecule has 0 fully saturated rings. The van der Waals surface area contributed by atoms with E-state index in [-0.39, 0.29) is 5.75 Å². The highest BCUT2D eigenvalue weighted by Crippen LogP contribution is 2.38. The van der Waals surface area contributed by atoms with E-state index in [2.05, 4.69) is 20.9 Å². The van der Waals surface area contributed by atoms with E-state index in [9.17, 15) is 5.11 Å². The fourth-order valence-corrected chi connectivity index (χ4v) is 2.98. The summed E-state index contributed by atoms with van der Waals surface area (Å²) >= 11 is 15.7. The van der Waals surface area contributed by atoms with Crippen LogP contribution in [0.15, 0.2) is 27.7 Å². The van der Waals surface area contributed by atoms with Crippen LogP contribution >= 0.6 is 39.1 Å². The fraction of sp³-hybridized carbons (Fsp3) is 0.188. The molecule has 2 rings (SSSR count). The van der Waals surface area contributed by atoms with Gasteiger partial charge in [-0.15, -0.1) is 0 Å². The second-order valence-electron chi connectivity index (χ2n) is 4.72. The third kappa shape index (κ3) is 3.24. The van der Waals surface area contributed by atoms with Crippen molar-refractivity contribution in [1.29, 1.82) is 0 Å². The summed E-state index contributed by atoms with van der Waals surface area (Å²) < 4.78 is 5.67. The zero-order valence-electron chi connectivity index (χ0n) is 12.2. The number of hydrogen-bond donors (Lipinski definition) is 1. The van der Waals surface area contributed by atoms with E-state index in [1.807, 2.05) is 13.8 Å². The summed E-state index contributed by atoms with van der Waals surface area (Å²) in [6, 6.07) is 5.20. The molecule has 0 amide bonds. The summed E-state index contributed by atoms with van der Waals surface area (Å²) in [7, 11) is 1.55. The van der Waals surface area contributed by atoms with Crippen molar-refractivity contribution in [2.75, 3.05) is 7.11 Å². The first-order chi connectivity index (χ1) is 10.4. The Morgan fingerprint density at radius 2 is 1.91 bits per heavy atom. The Labute approximate surface area is 147 Å². The van der Waals surface area contributed by atoms with Crippen LogP contribution in [-0.2, 0) is 0 Å². The number of hydrogen-bond acceptors (Lipinski definition) is 3. The molecule has 0 atom stereocenters. The van der Waals surface area contributed by atoms with E-state index in [0.717, 1.165) is 11.1 Å². The van der Waals surface area contributed by atoms with Crippen molar-refractivity contribution in [2.24, 2.45) is 4.99 Å². The molecule has 0 heterocycles. The van der Waals surface area contributed by atoms with Gasteiger partial charge in [-0.25, -0.2) is 0 Å².